The number of aryl methyl sites for hydroxylation is 1. The highest BCUT2D eigenvalue weighted by Crippen LogP contribution is 2.26. The summed E-state index contributed by atoms with van der Waals surface area (Å²) < 4.78 is 0. The molecule has 3 rings (SSSR count). The van der Waals surface area contributed by atoms with Crippen LogP contribution in [0.5, 0.6) is 0 Å². The Kier molecular flexibility index (Phi) is 6.48. The Bertz CT molecular complexity index is 841. The third-order valence-electron chi connectivity index (χ3n) is 4.30. The summed E-state index contributed by atoms with van der Waals surface area (Å²) in [5.41, 5.74) is 5.09. The molecule has 0 aliphatic heterocycles. The normalized spacial score (nSPS) is 11.4. The molecule has 0 saturated carbocycles. The van der Waals surface area contributed by atoms with Crippen molar-refractivity contribution >= 4 is 15.9 Å². The summed E-state index contributed by atoms with van der Waals surface area (Å²) in [4.78, 5) is 0. The minimum atomic E-state index is 0.231. The van der Waals surface area contributed by atoms with Crippen LogP contribution in [-0.2, 0) is 11.8 Å². The molecule has 0 aromatic heterocycles. The van der Waals surface area contributed by atoms with Gasteiger partial charge < -0.3 is 0 Å². The number of alkyl halides is 1. The SMILES string of the molecule is BrCc1ccccc1[C@@H](C#Cc1ccccc1)CCc1ccccc1. The van der Waals surface area contributed by atoms with Crippen molar-refractivity contribution in [2.75, 3.05) is 0 Å². The van der Waals surface area contributed by atoms with Crippen LogP contribution in [0.3, 0.4) is 0 Å². The second-order valence-corrected chi connectivity index (χ2v) is 6.61. The number of benzene rings is 3. The Morgan fingerprint density at radius 2 is 1.40 bits per heavy atom. The molecule has 0 spiro atoms. The molecule has 0 aliphatic rings. The van der Waals surface area contributed by atoms with Crippen molar-refractivity contribution in [3.63, 3.8) is 0 Å². The van der Waals surface area contributed by atoms with Crippen molar-refractivity contribution in [2.24, 2.45) is 0 Å². The molecule has 0 aliphatic carbocycles. The van der Waals surface area contributed by atoms with E-state index in [-0.39, 0.29) is 5.92 Å². The van der Waals surface area contributed by atoms with Gasteiger partial charge in [0.05, 0.1) is 0 Å². The largest absolute Gasteiger partial charge is 0.0897 e. The lowest BCUT2D eigenvalue weighted by Gasteiger charge is -2.15. The molecule has 0 N–H and O–H groups in total. The molecule has 0 heterocycles. The van der Waals surface area contributed by atoms with E-state index in [9.17, 15) is 0 Å². The molecular formula is C24H21Br. The van der Waals surface area contributed by atoms with Crippen LogP contribution >= 0.6 is 15.9 Å². The maximum Gasteiger partial charge on any atom is 0.0462 e. The highest BCUT2D eigenvalue weighted by molar-refractivity contribution is 9.08. The fourth-order valence-electron chi connectivity index (χ4n) is 2.95. The van der Waals surface area contributed by atoms with Crippen molar-refractivity contribution in [1.82, 2.24) is 0 Å². The Morgan fingerprint density at radius 1 is 0.760 bits per heavy atom. The molecule has 0 fully saturated rings. The number of hydrogen-bond acceptors (Lipinski definition) is 0. The van der Waals surface area contributed by atoms with E-state index in [4.69, 9.17) is 0 Å². The number of hydrogen-bond donors (Lipinski definition) is 0. The monoisotopic (exact) mass is 388 g/mol. The Balaban J connectivity index is 1.87. The minimum Gasteiger partial charge on any atom is -0.0897 e. The summed E-state index contributed by atoms with van der Waals surface area (Å²) in [7, 11) is 0. The molecule has 25 heavy (non-hydrogen) atoms. The molecule has 124 valence electrons. The van der Waals surface area contributed by atoms with Crippen LogP contribution in [-0.4, -0.2) is 0 Å². The van der Waals surface area contributed by atoms with E-state index in [1.54, 1.807) is 0 Å². The highest BCUT2D eigenvalue weighted by atomic mass is 79.9. The lowest BCUT2D eigenvalue weighted by molar-refractivity contribution is 0.749. The highest BCUT2D eigenvalue weighted by Gasteiger charge is 2.12. The molecule has 0 bridgehead atoms. The quantitative estimate of drug-likeness (QED) is 0.352. The summed E-state index contributed by atoms with van der Waals surface area (Å²) in [6, 6.07) is 29.5. The number of halogens is 1. The third kappa shape index (κ3) is 5.08. The molecule has 0 nitrogen and oxygen atoms in total. The molecule has 0 saturated heterocycles. The van der Waals surface area contributed by atoms with E-state index < -0.39 is 0 Å². The number of rotatable bonds is 5. The van der Waals surface area contributed by atoms with Gasteiger partial charge >= 0.3 is 0 Å². The van der Waals surface area contributed by atoms with Gasteiger partial charge in [0.25, 0.3) is 0 Å². The van der Waals surface area contributed by atoms with Crippen LogP contribution in [0.15, 0.2) is 84.9 Å². The first kappa shape index (κ1) is 17.5. The lowest BCUT2D eigenvalue weighted by Crippen LogP contribution is -2.02. The van der Waals surface area contributed by atoms with Gasteiger partial charge in [0, 0.05) is 16.8 Å². The summed E-state index contributed by atoms with van der Waals surface area (Å²) in [6.45, 7) is 0. The molecule has 0 unspecified atom stereocenters. The van der Waals surface area contributed by atoms with Crippen molar-refractivity contribution in [2.45, 2.75) is 24.1 Å². The van der Waals surface area contributed by atoms with Crippen LogP contribution in [0.1, 0.15) is 34.6 Å². The van der Waals surface area contributed by atoms with Crippen LogP contribution in [0.25, 0.3) is 0 Å². The van der Waals surface area contributed by atoms with Gasteiger partial charge in [0.1, 0.15) is 0 Å². The van der Waals surface area contributed by atoms with Gasteiger partial charge in [-0.25, -0.2) is 0 Å². The van der Waals surface area contributed by atoms with Crippen molar-refractivity contribution in [1.29, 1.82) is 0 Å². The summed E-state index contributed by atoms with van der Waals surface area (Å²) in [6.07, 6.45) is 2.06. The molecule has 3 aromatic carbocycles. The van der Waals surface area contributed by atoms with Gasteiger partial charge in [-0.1, -0.05) is 101 Å². The van der Waals surface area contributed by atoms with E-state index in [0.29, 0.717) is 0 Å². The maximum atomic E-state index is 3.62. The molecule has 1 atom stereocenters. The van der Waals surface area contributed by atoms with E-state index in [0.717, 1.165) is 23.7 Å². The topological polar surface area (TPSA) is 0 Å². The van der Waals surface area contributed by atoms with E-state index in [1.807, 2.05) is 18.2 Å². The Hall–Kier alpha value is -2.30. The van der Waals surface area contributed by atoms with Gasteiger partial charge in [0.2, 0.25) is 0 Å². The average Bonchev–Trinajstić information content (AvgIpc) is 2.70. The van der Waals surface area contributed by atoms with Crippen LogP contribution in [0, 0.1) is 11.8 Å². The maximum absolute atomic E-state index is 3.62. The second kappa shape index (κ2) is 9.25. The lowest BCUT2D eigenvalue weighted by atomic mass is 9.89. The van der Waals surface area contributed by atoms with Gasteiger partial charge in [-0.2, -0.15) is 0 Å². The second-order valence-electron chi connectivity index (χ2n) is 6.04. The molecule has 0 amide bonds. The standard InChI is InChI=1S/C24H21Br/c25-19-23-13-7-8-14-24(23)22(17-15-20-9-3-1-4-10-20)18-16-21-11-5-2-6-12-21/h1-14,22H,15,17,19H2/t22-/m1/s1. The van der Waals surface area contributed by atoms with E-state index >= 15 is 0 Å². The smallest absolute Gasteiger partial charge is 0.0462 e. The van der Waals surface area contributed by atoms with E-state index in [2.05, 4.69) is 94.5 Å². The van der Waals surface area contributed by atoms with Gasteiger partial charge in [-0.3, -0.25) is 0 Å². The van der Waals surface area contributed by atoms with Gasteiger partial charge in [0.15, 0.2) is 0 Å². The predicted molar refractivity (Wildman–Crippen MR) is 110 cm³/mol. The molecule has 3 aromatic rings. The first-order valence-corrected chi connectivity index (χ1v) is 9.73. The molecular weight excluding hydrogens is 368 g/mol. The zero-order valence-corrected chi connectivity index (χ0v) is 15.7. The third-order valence-corrected chi connectivity index (χ3v) is 4.91. The summed E-state index contributed by atoms with van der Waals surface area (Å²) >= 11 is 3.62. The minimum absolute atomic E-state index is 0.231. The molecule has 1 heteroatoms. The Morgan fingerprint density at radius 3 is 2.12 bits per heavy atom. The van der Waals surface area contributed by atoms with Gasteiger partial charge in [-0.05, 0) is 41.7 Å². The first-order chi connectivity index (χ1) is 12.4. The van der Waals surface area contributed by atoms with Crippen molar-refractivity contribution in [3.05, 3.63) is 107 Å². The summed E-state index contributed by atoms with van der Waals surface area (Å²) in [5, 5.41) is 0.859. The average molecular weight is 389 g/mol. The molecule has 0 radical (unpaired) electrons. The fourth-order valence-corrected chi connectivity index (χ4v) is 3.46. The fraction of sp³-hybridized carbons (Fsp3) is 0.167. The summed E-state index contributed by atoms with van der Waals surface area (Å²) in [5.74, 6) is 7.12. The zero-order chi connectivity index (χ0) is 17.3. The van der Waals surface area contributed by atoms with E-state index in [1.165, 1.54) is 16.7 Å². The first-order valence-electron chi connectivity index (χ1n) is 8.61. The Labute approximate surface area is 159 Å². The van der Waals surface area contributed by atoms with Crippen molar-refractivity contribution in [3.8, 4) is 11.8 Å². The predicted octanol–water partition coefficient (Wildman–Crippen LogP) is 6.35. The zero-order valence-electron chi connectivity index (χ0n) is 14.2. The van der Waals surface area contributed by atoms with Crippen LogP contribution in [0.2, 0.25) is 0 Å². The van der Waals surface area contributed by atoms with Crippen LogP contribution < -0.4 is 0 Å². The van der Waals surface area contributed by atoms with Crippen LogP contribution in [0.4, 0.5) is 0 Å². The van der Waals surface area contributed by atoms with Gasteiger partial charge in [-0.15, -0.1) is 0 Å². The van der Waals surface area contributed by atoms with Crippen molar-refractivity contribution < 1.29 is 0 Å².